The summed E-state index contributed by atoms with van der Waals surface area (Å²) in [6, 6.07) is 1.17. The number of methoxy groups -OCH3 is 1. The van der Waals surface area contributed by atoms with Crippen LogP contribution in [0.2, 0.25) is 0 Å². The minimum atomic E-state index is -4.72. The number of primary sulfonamides is 1. The van der Waals surface area contributed by atoms with Gasteiger partial charge >= 0.3 is 6.18 Å². The van der Waals surface area contributed by atoms with Crippen molar-refractivity contribution in [1.29, 1.82) is 0 Å². The van der Waals surface area contributed by atoms with E-state index in [9.17, 15) is 31.7 Å². The Morgan fingerprint density at radius 1 is 1.38 bits per heavy atom. The number of halogens is 3. The van der Waals surface area contributed by atoms with E-state index < -0.39 is 49.8 Å². The van der Waals surface area contributed by atoms with Crippen LogP contribution in [0, 0.1) is 10.1 Å². The molecule has 118 valence electrons. The summed E-state index contributed by atoms with van der Waals surface area (Å²) in [4.78, 5) is 8.83. The number of hydrogen-bond donors (Lipinski definition) is 1. The Labute approximate surface area is 116 Å². The average Bonchev–Trinajstić information content (AvgIpc) is 2.32. The number of sulfonamides is 1. The van der Waals surface area contributed by atoms with Gasteiger partial charge in [0.15, 0.2) is 18.1 Å². The summed E-state index contributed by atoms with van der Waals surface area (Å²) in [5.74, 6) is -1.40. The van der Waals surface area contributed by atoms with Crippen LogP contribution in [0.25, 0.3) is 0 Å². The maximum atomic E-state index is 12.1. The zero-order valence-electron chi connectivity index (χ0n) is 10.4. The molecule has 0 aliphatic carbocycles. The predicted molar refractivity (Wildman–Crippen MR) is 62.6 cm³/mol. The van der Waals surface area contributed by atoms with Gasteiger partial charge in [0.05, 0.1) is 18.1 Å². The van der Waals surface area contributed by atoms with Gasteiger partial charge in [0.1, 0.15) is 4.90 Å². The van der Waals surface area contributed by atoms with Crippen molar-refractivity contribution in [3.05, 3.63) is 22.2 Å². The van der Waals surface area contributed by atoms with Crippen LogP contribution in [-0.4, -0.2) is 33.2 Å². The maximum Gasteiger partial charge on any atom is 0.422 e. The van der Waals surface area contributed by atoms with E-state index in [0.29, 0.717) is 12.1 Å². The Kier molecular flexibility index (Phi) is 4.63. The fourth-order valence-corrected chi connectivity index (χ4v) is 2.07. The Bertz CT molecular complexity index is 658. The van der Waals surface area contributed by atoms with E-state index in [1.165, 1.54) is 0 Å². The molecule has 0 aliphatic rings. The van der Waals surface area contributed by atoms with Gasteiger partial charge in [-0.25, -0.2) is 13.6 Å². The van der Waals surface area contributed by atoms with Crippen LogP contribution in [0.1, 0.15) is 0 Å². The summed E-state index contributed by atoms with van der Waals surface area (Å²) in [7, 11) is -3.51. The van der Waals surface area contributed by atoms with Gasteiger partial charge in [-0.3, -0.25) is 10.1 Å². The number of ether oxygens (including phenoxy) is 2. The van der Waals surface area contributed by atoms with Crippen molar-refractivity contribution in [3.63, 3.8) is 0 Å². The van der Waals surface area contributed by atoms with E-state index in [-0.39, 0.29) is 0 Å². The molecule has 0 saturated heterocycles. The summed E-state index contributed by atoms with van der Waals surface area (Å²) in [5.41, 5.74) is -0.808. The molecule has 0 aliphatic heterocycles. The van der Waals surface area contributed by atoms with Gasteiger partial charge in [0.25, 0.3) is 5.69 Å². The molecule has 2 N–H and O–H groups in total. The lowest BCUT2D eigenvalue weighted by Gasteiger charge is -2.14. The number of nitro benzene ring substituents is 1. The normalized spacial score (nSPS) is 12.0. The Hall–Kier alpha value is -2.08. The van der Waals surface area contributed by atoms with Gasteiger partial charge in [0.2, 0.25) is 10.0 Å². The maximum absolute atomic E-state index is 12.1. The molecule has 0 unspecified atom stereocenters. The first-order valence-corrected chi connectivity index (χ1v) is 6.59. The van der Waals surface area contributed by atoms with Crippen LogP contribution >= 0.6 is 0 Å². The van der Waals surface area contributed by atoms with Crippen LogP contribution in [0.3, 0.4) is 0 Å². The first-order chi connectivity index (χ1) is 9.45. The third-order valence-electron chi connectivity index (χ3n) is 2.12. The second-order valence-electron chi connectivity index (χ2n) is 3.68. The standard InChI is InChI=1S/C9H9F3N2O6S/c1-19-8-6(20-4-9(10,11)12)2-5(14(15)16)3-7(8)21(13,17)18/h2-3H,4H2,1H3,(H2,13,17,18). The third kappa shape index (κ3) is 4.46. The Balaban J connectivity index is 3.46. The number of non-ortho nitro benzene ring substituents is 1. The molecule has 12 heteroatoms. The molecule has 0 heterocycles. The number of nitro groups is 1. The van der Waals surface area contributed by atoms with Gasteiger partial charge in [-0.1, -0.05) is 0 Å². The van der Waals surface area contributed by atoms with Crippen LogP contribution in [0.5, 0.6) is 11.5 Å². The lowest BCUT2D eigenvalue weighted by Crippen LogP contribution is -2.20. The first-order valence-electron chi connectivity index (χ1n) is 5.04. The summed E-state index contributed by atoms with van der Waals surface area (Å²) >= 11 is 0. The van der Waals surface area contributed by atoms with Crippen molar-refractivity contribution in [3.8, 4) is 11.5 Å². The molecule has 0 spiro atoms. The summed E-state index contributed by atoms with van der Waals surface area (Å²) in [5, 5.41) is 15.5. The van der Waals surface area contributed by atoms with Crippen molar-refractivity contribution >= 4 is 15.7 Å². The fourth-order valence-electron chi connectivity index (χ4n) is 1.35. The second-order valence-corrected chi connectivity index (χ2v) is 5.21. The van der Waals surface area contributed by atoms with Crippen LogP contribution < -0.4 is 14.6 Å². The van der Waals surface area contributed by atoms with E-state index in [2.05, 4.69) is 9.47 Å². The van der Waals surface area contributed by atoms with Gasteiger partial charge in [0, 0.05) is 6.07 Å². The molecule has 0 radical (unpaired) electrons. The number of benzene rings is 1. The highest BCUT2D eigenvalue weighted by atomic mass is 32.2. The quantitative estimate of drug-likeness (QED) is 0.639. The molecular formula is C9H9F3N2O6S. The van der Waals surface area contributed by atoms with Crippen molar-refractivity contribution < 1.29 is 36.0 Å². The number of nitrogens with two attached hydrogens (primary N) is 1. The molecule has 0 saturated carbocycles. The minimum Gasteiger partial charge on any atom is -0.492 e. The smallest absolute Gasteiger partial charge is 0.422 e. The van der Waals surface area contributed by atoms with Gasteiger partial charge in [-0.15, -0.1) is 0 Å². The monoisotopic (exact) mass is 330 g/mol. The molecule has 0 aromatic heterocycles. The number of alkyl halides is 3. The van der Waals surface area contributed by atoms with E-state index in [0.717, 1.165) is 7.11 Å². The lowest BCUT2D eigenvalue weighted by atomic mass is 10.3. The number of rotatable bonds is 5. The molecule has 8 nitrogen and oxygen atoms in total. The van der Waals surface area contributed by atoms with Gasteiger partial charge < -0.3 is 9.47 Å². The average molecular weight is 330 g/mol. The summed E-state index contributed by atoms with van der Waals surface area (Å²) in [6.45, 7) is -1.78. The Morgan fingerprint density at radius 2 is 1.95 bits per heavy atom. The van der Waals surface area contributed by atoms with Crippen LogP contribution in [-0.2, 0) is 10.0 Å². The fraction of sp³-hybridized carbons (Fsp3) is 0.333. The number of hydrogen-bond acceptors (Lipinski definition) is 6. The lowest BCUT2D eigenvalue weighted by molar-refractivity contribution is -0.385. The van der Waals surface area contributed by atoms with Gasteiger partial charge in [-0.05, 0) is 0 Å². The largest absolute Gasteiger partial charge is 0.492 e. The van der Waals surface area contributed by atoms with Gasteiger partial charge in [-0.2, -0.15) is 13.2 Å². The topological polar surface area (TPSA) is 122 Å². The summed E-state index contributed by atoms with van der Waals surface area (Å²) in [6.07, 6.45) is -4.72. The molecular weight excluding hydrogens is 321 g/mol. The highest BCUT2D eigenvalue weighted by Crippen LogP contribution is 2.38. The van der Waals surface area contributed by atoms with Crippen molar-refractivity contribution in [1.82, 2.24) is 0 Å². The van der Waals surface area contributed by atoms with E-state index >= 15 is 0 Å². The van der Waals surface area contributed by atoms with Crippen molar-refractivity contribution in [2.45, 2.75) is 11.1 Å². The zero-order chi connectivity index (χ0) is 16.4. The molecule has 21 heavy (non-hydrogen) atoms. The predicted octanol–water partition coefficient (Wildman–Crippen LogP) is 1.19. The molecule has 0 amide bonds. The third-order valence-corrected chi connectivity index (χ3v) is 3.03. The molecule has 1 aromatic carbocycles. The Morgan fingerprint density at radius 3 is 2.33 bits per heavy atom. The first kappa shape index (κ1) is 17.0. The van der Waals surface area contributed by atoms with Crippen molar-refractivity contribution in [2.75, 3.05) is 13.7 Å². The zero-order valence-corrected chi connectivity index (χ0v) is 11.2. The number of nitrogens with zero attached hydrogens (tertiary/aromatic N) is 1. The van der Waals surface area contributed by atoms with E-state index in [4.69, 9.17) is 5.14 Å². The van der Waals surface area contributed by atoms with E-state index in [1.807, 2.05) is 0 Å². The molecule has 0 fully saturated rings. The molecule has 1 rings (SSSR count). The highest BCUT2D eigenvalue weighted by Gasteiger charge is 2.31. The summed E-state index contributed by atoms with van der Waals surface area (Å²) < 4.78 is 68.0. The minimum absolute atomic E-state index is 0.564. The van der Waals surface area contributed by atoms with E-state index in [1.54, 1.807) is 0 Å². The second kappa shape index (κ2) is 5.73. The SMILES string of the molecule is COc1c(OCC(F)(F)F)cc([N+](=O)[O-])cc1S(N)(=O)=O. The van der Waals surface area contributed by atoms with Crippen LogP contribution in [0.4, 0.5) is 18.9 Å². The molecule has 1 aromatic rings. The molecule has 0 atom stereocenters. The molecule has 0 bridgehead atoms. The van der Waals surface area contributed by atoms with Crippen molar-refractivity contribution in [2.24, 2.45) is 5.14 Å². The highest BCUT2D eigenvalue weighted by molar-refractivity contribution is 7.89. The van der Waals surface area contributed by atoms with Crippen LogP contribution in [0.15, 0.2) is 17.0 Å².